The summed E-state index contributed by atoms with van der Waals surface area (Å²) in [6.45, 7) is 2.05. The molecule has 0 atom stereocenters. The molecule has 1 aromatic heterocycles. The van der Waals surface area contributed by atoms with Gasteiger partial charge in [-0.1, -0.05) is 29.4 Å². The van der Waals surface area contributed by atoms with Gasteiger partial charge in [0.2, 0.25) is 0 Å². The van der Waals surface area contributed by atoms with Gasteiger partial charge in [-0.3, -0.25) is 0 Å². The van der Waals surface area contributed by atoms with Crippen LogP contribution in [-0.2, 0) is 0 Å². The van der Waals surface area contributed by atoms with E-state index in [2.05, 4.69) is 18.1 Å². The minimum atomic E-state index is 0.718. The van der Waals surface area contributed by atoms with Crippen molar-refractivity contribution in [3.63, 3.8) is 0 Å². The first-order valence-corrected chi connectivity index (χ1v) is 5.46. The van der Waals surface area contributed by atoms with Crippen LogP contribution in [0, 0.1) is 6.92 Å². The zero-order valence-corrected chi connectivity index (χ0v) is 9.47. The van der Waals surface area contributed by atoms with Crippen LogP contribution in [0.2, 0.25) is 0 Å². The maximum absolute atomic E-state index is 5.80. The number of rotatable bonds is 1. The van der Waals surface area contributed by atoms with E-state index in [1.54, 1.807) is 0 Å². The number of benzene rings is 2. The van der Waals surface area contributed by atoms with Crippen LogP contribution >= 0.6 is 0 Å². The molecular weight excluding hydrogens is 212 g/mol. The van der Waals surface area contributed by atoms with Gasteiger partial charge in [0.05, 0.1) is 5.39 Å². The van der Waals surface area contributed by atoms with Crippen molar-refractivity contribution in [3.8, 4) is 11.3 Å². The van der Waals surface area contributed by atoms with Gasteiger partial charge in [0.25, 0.3) is 0 Å². The highest BCUT2D eigenvalue weighted by Crippen LogP contribution is 2.31. The van der Waals surface area contributed by atoms with Crippen LogP contribution in [0.5, 0.6) is 0 Å². The Morgan fingerprint density at radius 2 is 1.94 bits per heavy atom. The van der Waals surface area contributed by atoms with E-state index < -0.39 is 0 Å². The molecule has 3 aromatic rings. The summed E-state index contributed by atoms with van der Waals surface area (Å²) in [5.41, 5.74) is 9.56. The number of hydrogen-bond donors (Lipinski definition) is 1. The first-order valence-electron chi connectivity index (χ1n) is 5.46. The molecule has 0 aliphatic carbocycles. The second-order valence-electron chi connectivity index (χ2n) is 4.10. The molecule has 0 aliphatic heterocycles. The SMILES string of the molecule is Cc1ccccc1-c1onc2ccc(N)cc12. The summed E-state index contributed by atoms with van der Waals surface area (Å²) in [5, 5.41) is 5.00. The summed E-state index contributed by atoms with van der Waals surface area (Å²) in [4.78, 5) is 0. The lowest BCUT2D eigenvalue weighted by Gasteiger charge is -2.01. The highest BCUT2D eigenvalue weighted by Gasteiger charge is 2.12. The van der Waals surface area contributed by atoms with Gasteiger partial charge in [-0.15, -0.1) is 0 Å². The third-order valence-corrected chi connectivity index (χ3v) is 2.89. The van der Waals surface area contributed by atoms with Crippen LogP contribution in [0.1, 0.15) is 5.56 Å². The molecule has 3 heteroatoms. The Bertz CT molecular complexity index is 686. The Balaban J connectivity index is 2.31. The van der Waals surface area contributed by atoms with Crippen molar-refractivity contribution in [1.29, 1.82) is 0 Å². The van der Waals surface area contributed by atoms with E-state index in [1.807, 2.05) is 36.4 Å². The number of fused-ring (bicyclic) bond motifs is 1. The zero-order chi connectivity index (χ0) is 11.8. The molecule has 0 saturated heterocycles. The van der Waals surface area contributed by atoms with E-state index in [0.717, 1.165) is 33.5 Å². The standard InChI is InChI=1S/C14H12N2O/c1-9-4-2-3-5-11(9)14-12-8-10(15)6-7-13(12)16-17-14/h2-8H,15H2,1H3. The van der Waals surface area contributed by atoms with Gasteiger partial charge < -0.3 is 10.3 Å². The predicted octanol–water partition coefficient (Wildman–Crippen LogP) is 3.39. The fourth-order valence-electron chi connectivity index (χ4n) is 1.98. The topological polar surface area (TPSA) is 52.0 Å². The number of nitrogen functional groups attached to an aromatic ring is 1. The number of hydrogen-bond acceptors (Lipinski definition) is 3. The second-order valence-corrected chi connectivity index (χ2v) is 4.10. The Hall–Kier alpha value is -2.29. The Labute approximate surface area is 98.8 Å². The minimum Gasteiger partial charge on any atom is -0.399 e. The molecule has 0 radical (unpaired) electrons. The van der Waals surface area contributed by atoms with E-state index in [4.69, 9.17) is 10.3 Å². The monoisotopic (exact) mass is 224 g/mol. The second kappa shape index (κ2) is 3.63. The molecule has 0 bridgehead atoms. The molecule has 1 heterocycles. The van der Waals surface area contributed by atoms with Gasteiger partial charge in [-0.2, -0.15) is 0 Å². The van der Waals surface area contributed by atoms with E-state index >= 15 is 0 Å². The van der Waals surface area contributed by atoms with Gasteiger partial charge in [0, 0.05) is 11.3 Å². The number of anilines is 1. The lowest BCUT2D eigenvalue weighted by molar-refractivity contribution is 0.440. The third kappa shape index (κ3) is 1.56. The highest BCUT2D eigenvalue weighted by atomic mass is 16.5. The molecule has 84 valence electrons. The number of aryl methyl sites for hydroxylation is 1. The molecule has 0 saturated carbocycles. The average molecular weight is 224 g/mol. The number of aromatic nitrogens is 1. The molecule has 17 heavy (non-hydrogen) atoms. The Morgan fingerprint density at radius 1 is 1.12 bits per heavy atom. The fourth-order valence-corrected chi connectivity index (χ4v) is 1.98. The average Bonchev–Trinajstić information content (AvgIpc) is 2.72. The van der Waals surface area contributed by atoms with Gasteiger partial charge in [0.15, 0.2) is 5.76 Å². The molecule has 0 spiro atoms. The van der Waals surface area contributed by atoms with Gasteiger partial charge in [0.1, 0.15) is 5.52 Å². The summed E-state index contributed by atoms with van der Waals surface area (Å²) in [7, 11) is 0. The molecular formula is C14H12N2O. The van der Waals surface area contributed by atoms with Crippen molar-refractivity contribution in [3.05, 3.63) is 48.0 Å². The lowest BCUT2D eigenvalue weighted by Crippen LogP contribution is -1.84. The van der Waals surface area contributed by atoms with Gasteiger partial charge in [-0.05, 0) is 30.7 Å². The summed E-state index contributed by atoms with van der Waals surface area (Å²) < 4.78 is 5.43. The van der Waals surface area contributed by atoms with Crippen molar-refractivity contribution in [2.75, 3.05) is 5.73 Å². The molecule has 0 fully saturated rings. The third-order valence-electron chi connectivity index (χ3n) is 2.89. The van der Waals surface area contributed by atoms with E-state index in [0.29, 0.717) is 0 Å². The van der Waals surface area contributed by atoms with Crippen LogP contribution in [-0.4, -0.2) is 5.16 Å². The van der Waals surface area contributed by atoms with Crippen molar-refractivity contribution in [2.24, 2.45) is 0 Å². The molecule has 2 N–H and O–H groups in total. The molecule has 3 nitrogen and oxygen atoms in total. The maximum Gasteiger partial charge on any atom is 0.175 e. The number of nitrogens with two attached hydrogens (primary N) is 1. The van der Waals surface area contributed by atoms with Gasteiger partial charge >= 0.3 is 0 Å². The first kappa shape index (κ1) is 9.90. The molecule has 0 amide bonds. The van der Waals surface area contributed by atoms with Crippen LogP contribution in [0.25, 0.3) is 22.2 Å². The summed E-state index contributed by atoms with van der Waals surface area (Å²) in [5.74, 6) is 0.783. The fraction of sp³-hybridized carbons (Fsp3) is 0.0714. The van der Waals surface area contributed by atoms with Gasteiger partial charge in [-0.25, -0.2) is 0 Å². The van der Waals surface area contributed by atoms with E-state index in [1.165, 1.54) is 0 Å². The summed E-state index contributed by atoms with van der Waals surface area (Å²) in [6, 6.07) is 13.7. The lowest BCUT2D eigenvalue weighted by atomic mass is 10.0. The predicted molar refractivity (Wildman–Crippen MR) is 68.6 cm³/mol. The Kier molecular flexibility index (Phi) is 2.11. The van der Waals surface area contributed by atoms with Crippen molar-refractivity contribution in [1.82, 2.24) is 5.16 Å². The highest BCUT2D eigenvalue weighted by molar-refractivity contribution is 5.94. The summed E-state index contributed by atoms with van der Waals surface area (Å²) in [6.07, 6.45) is 0. The van der Waals surface area contributed by atoms with Crippen LogP contribution < -0.4 is 5.73 Å². The minimum absolute atomic E-state index is 0.718. The van der Waals surface area contributed by atoms with Crippen LogP contribution in [0.3, 0.4) is 0 Å². The molecule has 0 aliphatic rings. The molecule has 2 aromatic carbocycles. The molecule has 0 unspecified atom stereocenters. The molecule has 3 rings (SSSR count). The number of nitrogens with zero attached hydrogens (tertiary/aromatic N) is 1. The zero-order valence-electron chi connectivity index (χ0n) is 9.47. The van der Waals surface area contributed by atoms with E-state index in [9.17, 15) is 0 Å². The Morgan fingerprint density at radius 3 is 2.76 bits per heavy atom. The van der Waals surface area contributed by atoms with Crippen molar-refractivity contribution in [2.45, 2.75) is 6.92 Å². The smallest absolute Gasteiger partial charge is 0.175 e. The normalized spacial score (nSPS) is 10.9. The van der Waals surface area contributed by atoms with Crippen molar-refractivity contribution < 1.29 is 4.52 Å². The van der Waals surface area contributed by atoms with Crippen LogP contribution in [0.4, 0.5) is 5.69 Å². The summed E-state index contributed by atoms with van der Waals surface area (Å²) >= 11 is 0. The van der Waals surface area contributed by atoms with Crippen molar-refractivity contribution >= 4 is 16.6 Å². The van der Waals surface area contributed by atoms with E-state index in [-0.39, 0.29) is 0 Å². The quantitative estimate of drug-likeness (QED) is 0.644. The van der Waals surface area contributed by atoms with Crippen LogP contribution in [0.15, 0.2) is 47.0 Å². The maximum atomic E-state index is 5.80. The largest absolute Gasteiger partial charge is 0.399 e. The first-order chi connectivity index (χ1) is 8.25.